The molecule has 2 aromatic rings. The molecule has 1 atom stereocenters. The molecule has 1 saturated carbocycles. The van der Waals surface area contributed by atoms with Crippen LogP contribution in [0.3, 0.4) is 0 Å². The lowest BCUT2D eigenvalue weighted by molar-refractivity contribution is 0.572. The predicted molar refractivity (Wildman–Crippen MR) is 84.9 cm³/mol. The maximum Gasteiger partial charge on any atom is 0.0297 e. The lowest BCUT2D eigenvalue weighted by Gasteiger charge is -2.17. The van der Waals surface area contributed by atoms with Crippen molar-refractivity contribution in [1.82, 2.24) is 5.32 Å². The minimum Gasteiger partial charge on any atom is -0.306 e. The van der Waals surface area contributed by atoms with Gasteiger partial charge in [-0.2, -0.15) is 0 Å². The number of aryl methyl sites for hydroxylation is 1. The molecular formula is C19H23N. The number of hydrogen-bond donors (Lipinski definition) is 1. The Labute approximate surface area is 122 Å². The molecule has 0 aliphatic heterocycles. The number of nitrogens with one attached hydrogen (secondary N) is 1. The summed E-state index contributed by atoms with van der Waals surface area (Å²) in [5.74, 6) is 0.837. The standard InChI is InChI=1S/C19H23N/c1-14-6-3-4-9-19(14)15(2)20-13-16-7-5-8-18(12-16)17-10-11-17/h3-9,12,15,17,20H,10-11,13H2,1-2H3/t15-/m0/s1. The summed E-state index contributed by atoms with van der Waals surface area (Å²) in [6.07, 6.45) is 2.74. The largest absolute Gasteiger partial charge is 0.306 e. The molecule has 2 aromatic carbocycles. The first-order chi connectivity index (χ1) is 9.74. The summed E-state index contributed by atoms with van der Waals surface area (Å²) < 4.78 is 0. The van der Waals surface area contributed by atoms with E-state index in [4.69, 9.17) is 0 Å². The topological polar surface area (TPSA) is 12.0 Å². The van der Waals surface area contributed by atoms with Crippen molar-refractivity contribution >= 4 is 0 Å². The van der Waals surface area contributed by atoms with Crippen molar-refractivity contribution in [2.45, 2.75) is 45.2 Å². The van der Waals surface area contributed by atoms with Crippen LogP contribution in [-0.2, 0) is 6.54 Å². The second kappa shape index (κ2) is 5.80. The molecule has 1 aliphatic carbocycles. The molecule has 1 nitrogen and oxygen atoms in total. The van der Waals surface area contributed by atoms with Crippen molar-refractivity contribution in [3.63, 3.8) is 0 Å². The van der Waals surface area contributed by atoms with Crippen molar-refractivity contribution in [2.24, 2.45) is 0 Å². The van der Waals surface area contributed by atoms with Crippen LogP contribution in [0.2, 0.25) is 0 Å². The summed E-state index contributed by atoms with van der Waals surface area (Å²) in [7, 11) is 0. The van der Waals surface area contributed by atoms with Crippen LogP contribution in [0.1, 0.15) is 54.0 Å². The summed E-state index contributed by atoms with van der Waals surface area (Å²) in [6.45, 7) is 5.37. The molecule has 3 rings (SSSR count). The number of hydrogen-bond acceptors (Lipinski definition) is 1. The highest BCUT2D eigenvalue weighted by molar-refractivity contribution is 5.30. The van der Waals surface area contributed by atoms with Gasteiger partial charge in [-0.1, -0.05) is 48.5 Å². The van der Waals surface area contributed by atoms with Gasteiger partial charge in [0.15, 0.2) is 0 Å². The maximum absolute atomic E-state index is 3.64. The van der Waals surface area contributed by atoms with Gasteiger partial charge in [0.05, 0.1) is 0 Å². The highest BCUT2D eigenvalue weighted by Crippen LogP contribution is 2.40. The average molecular weight is 265 g/mol. The Morgan fingerprint density at radius 1 is 1.10 bits per heavy atom. The summed E-state index contributed by atoms with van der Waals surface area (Å²) in [5.41, 5.74) is 5.67. The van der Waals surface area contributed by atoms with Gasteiger partial charge in [-0.3, -0.25) is 0 Å². The van der Waals surface area contributed by atoms with Gasteiger partial charge in [0.1, 0.15) is 0 Å². The lowest BCUT2D eigenvalue weighted by Crippen LogP contribution is -2.18. The molecule has 104 valence electrons. The molecule has 0 heterocycles. The average Bonchev–Trinajstić information content (AvgIpc) is 3.30. The molecule has 0 saturated heterocycles. The minimum absolute atomic E-state index is 0.390. The number of rotatable bonds is 5. The molecule has 1 fully saturated rings. The van der Waals surface area contributed by atoms with Crippen molar-refractivity contribution in [3.05, 3.63) is 70.8 Å². The smallest absolute Gasteiger partial charge is 0.0297 e. The second-order valence-corrected chi connectivity index (χ2v) is 5.98. The van der Waals surface area contributed by atoms with Gasteiger partial charge in [0, 0.05) is 12.6 Å². The van der Waals surface area contributed by atoms with Gasteiger partial charge in [0.25, 0.3) is 0 Å². The maximum atomic E-state index is 3.64. The molecule has 1 N–H and O–H groups in total. The highest BCUT2D eigenvalue weighted by Gasteiger charge is 2.23. The van der Waals surface area contributed by atoms with E-state index in [1.54, 1.807) is 0 Å². The van der Waals surface area contributed by atoms with Crippen LogP contribution >= 0.6 is 0 Å². The second-order valence-electron chi connectivity index (χ2n) is 5.98. The Morgan fingerprint density at radius 2 is 1.90 bits per heavy atom. The summed E-state index contributed by atoms with van der Waals surface area (Å²) >= 11 is 0. The third-order valence-electron chi connectivity index (χ3n) is 4.27. The Morgan fingerprint density at radius 3 is 2.65 bits per heavy atom. The van der Waals surface area contributed by atoms with Gasteiger partial charge in [0.2, 0.25) is 0 Å². The first-order valence-electron chi connectivity index (χ1n) is 7.62. The molecule has 0 bridgehead atoms. The van der Waals surface area contributed by atoms with Crippen LogP contribution in [0.15, 0.2) is 48.5 Å². The molecule has 0 spiro atoms. The first kappa shape index (κ1) is 13.4. The van der Waals surface area contributed by atoms with Gasteiger partial charge < -0.3 is 5.32 Å². The fourth-order valence-corrected chi connectivity index (χ4v) is 2.83. The Balaban J connectivity index is 1.64. The third-order valence-corrected chi connectivity index (χ3v) is 4.27. The first-order valence-corrected chi connectivity index (χ1v) is 7.62. The van der Waals surface area contributed by atoms with Crippen LogP contribution in [0.4, 0.5) is 0 Å². The normalized spacial score (nSPS) is 16.1. The highest BCUT2D eigenvalue weighted by atomic mass is 14.9. The number of benzene rings is 2. The zero-order valence-electron chi connectivity index (χ0n) is 12.4. The van der Waals surface area contributed by atoms with E-state index in [-0.39, 0.29) is 0 Å². The van der Waals surface area contributed by atoms with Crippen LogP contribution in [0, 0.1) is 6.92 Å². The molecular weight excluding hydrogens is 242 g/mol. The van der Waals surface area contributed by atoms with Crippen LogP contribution in [-0.4, -0.2) is 0 Å². The predicted octanol–water partition coefficient (Wildman–Crippen LogP) is 4.72. The van der Waals surface area contributed by atoms with Crippen molar-refractivity contribution in [3.8, 4) is 0 Å². The van der Waals surface area contributed by atoms with E-state index in [0.29, 0.717) is 6.04 Å². The minimum atomic E-state index is 0.390. The van der Waals surface area contributed by atoms with Gasteiger partial charge >= 0.3 is 0 Å². The van der Waals surface area contributed by atoms with E-state index in [1.807, 2.05) is 0 Å². The molecule has 0 aromatic heterocycles. The third kappa shape index (κ3) is 3.10. The van der Waals surface area contributed by atoms with Crippen LogP contribution < -0.4 is 5.32 Å². The summed E-state index contributed by atoms with van der Waals surface area (Å²) in [4.78, 5) is 0. The van der Waals surface area contributed by atoms with Gasteiger partial charge in [-0.25, -0.2) is 0 Å². The zero-order valence-corrected chi connectivity index (χ0v) is 12.4. The Bertz CT molecular complexity index is 584. The Kier molecular flexibility index (Phi) is 3.88. The zero-order chi connectivity index (χ0) is 13.9. The van der Waals surface area contributed by atoms with Crippen molar-refractivity contribution in [1.29, 1.82) is 0 Å². The fraction of sp³-hybridized carbons (Fsp3) is 0.368. The molecule has 1 aliphatic rings. The fourth-order valence-electron chi connectivity index (χ4n) is 2.83. The van der Waals surface area contributed by atoms with E-state index in [0.717, 1.165) is 12.5 Å². The molecule has 0 radical (unpaired) electrons. The van der Waals surface area contributed by atoms with Crippen molar-refractivity contribution < 1.29 is 0 Å². The lowest BCUT2D eigenvalue weighted by atomic mass is 10.0. The van der Waals surface area contributed by atoms with E-state index in [2.05, 4.69) is 67.7 Å². The molecule has 0 unspecified atom stereocenters. The van der Waals surface area contributed by atoms with Crippen LogP contribution in [0.25, 0.3) is 0 Å². The van der Waals surface area contributed by atoms with Gasteiger partial charge in [-0.05, 0) is 54.9 Å². The molecule has 0 amide bonds. The Hall–Kier alpha value is -1.60. The molecule has 20 heavy (non-hydrogen) atoms. The van der Waals surface area contributed by atoms with E-state index >= 15 is 0 Å². The van der Waals surface area contributed by atoms with Gasteiger partial charge in [-0.15, -0.1) is 0 Å². The summed E-state index contributed by atoms with van der Waals surface area (Å²) in [5, 5.41) is 3.64. The van der Waals surface area contributed by atoms with Crippen LogP contribution in [0.5, 0.6) is 0 Å². The van der Waals surface area contributed by atoms with E-state index in [1.165, 1.54) is 35.1 Å². The summed E-state index contributed by atoms with van der Waals surface area (Å²) in [6, 6.07) is 18.1. The van der Waals surface area contributed by atoms with Crippen molar-refractivity contribution in [2.75, 3.05) is 0 Å². The quantitative estimate of drug-likeness (QED) is 0.824. The van der Waals surface area contributed by atoms with E-state index in [9.17, 15) is 0 Å². The monoisotopic (exact) mass is 265 g/mol. The molecule has 1 heteroatoms. The van der Waals surface area contributed by atoms with E-state index < -0.39 is 0 Å². The SMILES string of the molecule is Cc1ccccc1[C@H](C)NCc1cccc(C2CC2)c1.